The molecule has 17 heavy (non-hydrogen) atoms. The molecular formula is C14H12N2O. The van der Waals surface area contributed by atoms with E-state index in [1.165, 1.54) is 0 Å². The van der Waals surface area contributed by atoms with Crippen LogP contribution in [0.4, 0.5) is 5.69 Å². The zero-order valence-corrected chi connectivity index (χ0v) is 9.31. The smallest absolute Gasteiger partial charge is 0.255 e. The van der Waals surface area contributed by atoms with Crippen molar-refractivity contribution in [3.63, 3.8) is 0 Å². The number of nitriles is 1. The number of carbonyl (C=O) groups is 1. The lowest BCUT2D eigenvalue weighted by molar-refractivity contribution is -0.112. The van der Waals surface area contributed by atoms with Crippen molar-refractivity contribution < 1.29 is 4.79 Å². The van der Waals surface area contributed by atoms with E-state index < -0.39 is 0 Å². The summed E-state index contributed by atoms with van der Waals surface area (Å²) in [6, 6.07) is 8.92. The molecule has 0 saturated carbocycles. The Kier molecular flexibility index (Phi) is 3.37. The summed E-state index contributed by atoms with van der Waals surface area (Å²) < 4.78 is 0. The lowest BCUT2D eigenvalue weighted by atomic mass is 10.1. The van der Waals surface area contributed by atoms with E-state index in [4.69, 9.17) is 5.26 Å². The van der Waals surface area contributed by atoms with Crippen LogP contribution >= 0.6 is 0 Å². The molecule has 0 atom stereocenters. The van der Waals surface area contributed by atoms with Gasteiger partial charge in [-0.1, -0.05) is 24.3 Å². The summed E-state index contributed by atoms with van der Waals surface area (Å²) in [5.74, 6) is -0.129. The molecule has 2 rings (SSSR count). The maximum absolute atomic E-state index is 11.9. The van der Waals surface area contributed by atoms with Gasteiger partial charge in [0.1, 0.15) is 0 Å². The quantitative estimate of drug-likeness (QED) is 0.839. The molecule has 0 unspecified atom stereocenters. The maximum atomic E-state index is 11.9. The number of hydrogen-bond acceptors (Lipinski definition) is 2. The van der Waals surface area contributed by atoms with E-state index in [-0.39, 0.29) is 5.91 Å². The van der Waals surface area contributed by atoms with Crippen LogP contribution in [-0.2, 0) is 4.79 Å². The number of nitrogens with zero attached hydrogens (tertiary/aromatic N) is 1. The van der Waals surface area contributed by atoms with Gasteiger partial charge in [-0.3, -0.25) is 4.79 Å². The summed E-state index contributed by atoms with van der Waals surface area (Å²) in [7, 11) is 0. The van der Waals surface area contributed by atoms with Crippen LogP contribution in [0, 0.1) is 11.3 Å². The lowest BCUT2D eigenvalue weighted by Gasteiger charge is -2.08. The molecule has 0 saturated heterocycles. The van der Waals surface area contributed by atoms with Crippen LogP contribution in [0.25, 0.3) is 0 Å². The molecule has 0 heterocycles. The number of allylic oxidation sites excluding steroid dienone is 2. The van der Waals surface area contributed by atoms with Gasteiger partial charge in [0.05, 0.1) is 11.6 Å². The fraction of sp³-hybridized carbons (Fsp3) is 0.143. The fourth-order valence-electron chi connectivity index (χ4n) is 1.65. The SMILES string of the molecule is N#Cc1cccc(NC(=O)C2=CCCC=C2)c1. The van der Waals surface area contributed by atoms with Crippen molar-refractivity contribution in [2.75, 3.05) is 5.32 Å². The Labute approximate surface area is 100 Å². The first-order chi connectivity index (χ1) is 8.29. The molecule has 0 radical (unpaired) electrons. The van der Waals surface area contributed by atoms with Gasteiger partial charge in [-0.25, -0.2) is 0 Å². The third kappa shape index (κ3) is 2.82. The summed E-state index contributed by atoms with van der Waals surface area (Å²) in [4.78, 5) is 11.9. The maximum Gasteiger partial charge on any atom is 0.255 e. The fourth-order valence-corrected chi connectivity index (χ4v) is 1.65. The third-order valence-corrected chi connectivity index (χ3v) is 2.51. The first kappa shape index (κ1) is 11.2. The highest BCUT2D eigenvalue weighted by molar-refractivity contribution is 6.05. The van der Waals surface area contributed by atoms with Gasteiger partial charge in [-0.05, 0) is 31.0 Å². The summed E-state index contributed by atoms with van der Waals surface area (Å²) in [6.07, 6.45) is 7.62. The lowest BCUT2D eigenvalue weighted by Crippen LogP contribution is -2.14. The van der Waals surface area contributed by atoms with Gasteiger partial charge in [-0.2, -0.15) is 5.26 Å². The molecule has 1 aliphatic carbocycles. The van der Waals surface area contributed by atoms with Crippen LogP contribution in [0.2, 0.25) is 0 Å². The van der Waals surface area contributed by atoms with Crippen molar-refractivity contribution in [1.29, 1.82) is 5.26 Å². The number of anilines is 1. The number of carbonyl (C=O) groups excluding carboxylic acids is 1. The Morgan fingerprint density at radius 2 is 2.24 bits per heavy atom. The normalized spacial score (nSPS) is 13.7. The van der Waals surface area contributed by atoms with Gasteiger partial charge in [0.25, 0.3) is 5.91 Å². The van der Waals surface area contributed by atoms with E-state index in [0.717, 1.165) is 12.8 Å². The predicted octanol–water partition coefficient (Wildman–Crippen LogP) is 2.77. The number of rotatable bonds is 2. The highest BCUT2D eigenvalue weighted by Gasteiger charge is 2.08. The minimum atomic E-state index is -0.129. The Hall–Kier alpha value is -2.34. The largest absolute Gasteiger partial charge is 0.322 e. The highest BCUT2D eigenvalue weighted by atomic mass is 16.1. The molecule has 0 aromatic heterocycles. The molecule has 0 fully saturated rings. The van der Waals surface area contributed by atoms with E-state index >= 15 is 0 Å². The summed E-state index contributed by atoms with van der Waals surface area (Å²) in [6.45, 7) is 0. The number of amides is 1. The van der Waals surface area contributed by atoms with E-state index in [9.17, 15) is 4.79 Å². The van der Waals surface area contributed by atoms with E-state index in [1.807, 2.05) is 24.3 Å². The summed E-state index contributed by atoms with van der Waals surface area (Å²) in [5, 5.41) is 11.5. The predicted molar refractivity (Wildman–Crippen MR) is 66.2 cm³/mol. The van der Waals surface area contributed by atoms with Gasteiger partial charge in [0, 0.05) is 11.3 Å². The van der Waals surface area contributed by atoms with Crippen molar-refractivity contribution in [2.45, 2.75) is 12.8 Å². The molecule has 1 N–H and O–H groups in total. The zero-order valence-electron chi connectivity index (χ0n) is 9.31. The topological polar surface area (TPSA) is 52.9 Å². The molecule has 84 valence electrons. The summed E-state index contributed by atoms with van der Waals surface area (Å²) >= 11 is 0. The molecule has 0 aliphatic heterocycles. The second-order valence-corrected chi connectivity index (χ2v) is 3.79. The van der Waals surface area contributed by atoms with E-state index in [1.54, 1.807) is 24.3 Å². The van der Waals surface area contributed by atoms with E-state index in [2.05, 4.69) is 5.32 Å². The molecule has 1 aromatic carbocycles. The second-order valence-electron chi connectivity index (χ2n) is 3.79. The van der Waals surface area contributed by atoms with Crippen molar-refractivity contribution >= 4 is 11.6 Å². The van der Waals surface area contributed by atoms with Crippen molar-refractivity contribution in [1.82, 2.24) is 0 Å². The van der Waals surface area contributed by atoms with Gasteiger partial charge in [0.15, 0.2) is 0 Å². The van der Waals surface area contributed by atoms with Gasteiger partial charge >= 0.3 is 0 Å². The standard InChI is InChI=1S/C14H12N2O/c15-10-11-5-4-8-13(9-11)16-14(17)12-6-2-1-3-7-12/h2,4-9H,1,3H2,(H,16,17). The average molecular weight is 224 g/mol. The highest BCUT2D eigenvalue weighted by Crippen LogP contribution is 2.14. The molecule has 3 heteroatoms. The Morgan fingerprint density at radius 1 is 1.35 bits per heavy atom. The van der Waals surface area contributed by atoms with Crippen molar-refractivity contribution in [3.05, 3.63) is 53.6 Å². The molecular weight excluding hydrogens is 212 g/mol. The third-order valence-electron chi connectivity index (χ3n) is 2.51. The molecule has 0 bridgehead atoms. The molecule has 1 aliphatic rings. The van der Waals surface area contributed by atoms with Gasteiger partial charge < -0.3 is 5.32 Å². The first-order valence-electron chi connectivity index (χ1n) is 5.48. The molecule has 0 spiro atoms. The number of hydrogen-bond donors (Lipinski definition) is 1. The van der Waals surface area contributed by atoms with Crippen LogP contribution in [0.5, 0.6) is 0 Å². The monoisotopic (exact) mass is 224 g/mol. The van der Waals surface area contributed by atoms with Crippen LogP contribution in [-0.4, -0.2) is 5.91 Å². The zero-order chi connectivity index (χ0) is 12.1. The number of benzene rings is 1. The van der Waals surface area contributed by atoms with Gasteiger partial charge in [0.2, 0.25) is 0 Å². The summed E-state index contributed by atoms with van der Waals surface area (Å²) in [5.41, 5.74) is 1.86. The van der Waals surface area contributed by atoms with Crippen LogP contribution in [0.1, 0.15) is 18.4 Å². The molecule has 1 amide bonds. The van der Waals surface area contributed by atoms with Gasteiger partial charge in [-0.15, -0.1) is 0 Å². The number of nitrogens with one attached hydrogen (secondary N) is 1. The Morgan fingerprint density at radius 3 is 2.94 bits per heavy atom. The second kappa shape index (κ2) is 5.13. The van der Waals surface area contributed by atoms with Crippen LogP contribution < -0.4 is 5.32 Å². The van der Waals surface area contributed by atoms with Crippen molar-refractivity contribution in [3.8, 4) is 6.07 Å². The average Bonchev–Trinajstić information content (AvgIpc) is 2.40. The van der Waals surface area contributed by atoms with Crippen LogP contribution in [0.15, 0.2) is 48.1 Å². The minimum absolute atomic E-state index is 0.129. The van der Waals surface area contributed by atoms with Crippen molar-refractivity contribution in [2.24, 2.45) is 0 Å². The van der Waals surface area contributed by atoms with E-state index in [0.29, 0.717) is 16.8 Å². The van der Waals surface area contributed by atoms with Crippen LogP contribution in [0.3, 0.4) is 0 Å². The molecule has 3 nitrogen and oxygen atoms in total. The Balaban J connectivity index is 2.10. The minimum Gasteiger partial charge on any atom is -0.322 e. The molecule has 1 aromatic rings. The Bertz CT molecular complexity index is 535. The first-order valence-corrected chi connectivity index (χ1v) is 5.48.